The summed E-state index contributed by atoms with van der Waals surface area (Å²) in [5, 5.41) is 9.92. The molecule has 2 aliphatic heterocycles. The number of hydrogen-bond acceptors (Lipinski definition) is 6. The van der Waals surface area contributed by atoms with Gasteiger partial charge < -0.3 is 10.1 Å². The Labute approximate surface area is 224 Å². The Morgan fingerprint density at radius 3 is 2.59 bits per heavy atom. The third-order valence-corrected chi connectivity index (χ3v) is 7.58. The fourth-order valence-electron chi connectivity index (χ4n) is 4.24. The molecule has 2 heterocycles. The van der Waals surface area contributed by atoms with Crippen molar-refractivity contribution in [3.05, 3.63) is 94.5 Å². The van der Waals surface area contributed by atoms with E-state index in [1.807, 2.05) is 36.2 Å². The van der Waals surface area contributed by atoms with E-state index in [1.54, 1.807) is 31.4 Å². The number of amides is 2. The van der Waals surface area contributed by atoms with E-state index in [9.17, 15) is 9.59 Å². The quantitative estimate of drug-likeness (QED) is 0.431. The molecule has 0 bridgehead atoms. The van der Waals surface area contributed by atoms with Gasteiger partial charge >= 0.3 is 0 Å². The van der Waals surface area contributed by atoms with Crippen molar-refractivity contribution >= 4 is 51.7 Å². The Morgan fingerprint density at radius 1 is 1.14 bits per heavy atom. The summed E-state index contributed by atoms with van der Waals surface area (Å²) in [5.74, 6) is 0.162. The van der Waals surface area contributed by atoms with Crippen LogP contribution in [0.3, 0.4) is 0 Å². The van der Waals surface area contributed by atoms with Gasteiger partial charge in [-0.1, -0.05) is 59.3 Å². The van der Waals surface area contributed by atoms with Gasteiger partial charge in [0, 0.05) is 23.6 Å². The molecular formula is C28H25ClN4O3S. The summed E-state index contributed by atoms with van der Waals surface area (Å²) in [6.45, 7) is 2.05. The van der Waals surface area contributed by atoms with Crippen molar-refractivity contribution in [1.82, 2.24) is 5.01 Å². The van der Waals surface area contributed by atoms with Crippen molar-refractivity contribution in [3.8, 4) is 5.75 Å². The van der Waals surface area contributed by atoms with Crippen LogP contribution < -0.4 is 10.1 Å². The van der Waals surface area contributed by atoms with E-state index in [0.29, 0.717) is 22.3 Å². The SMILES string of the molecule is COc1ccc(C2=NN(C3=NC(=O)[C@@H](CC(=O)Nc4cccc(Cl)c4)S3)[C@@H](c3ccc(C)cc3)C2)cc1. The van der Waals surface area contributed by atoms with Crippen molar-refractivity contribution in [2.75, 3.05) is 12.4 Å². The van der Waals surface area contributed by atoms with Crippen molar-refractivity contribution in [1.29, 1.82) is 0 Å². The van der Waals surface area contributed by atoms with Crippen molar-refractivity contribution in [3.63, 3.8) is 0 Å². The number of aryl methyl sites for hydroxylation is 1. The molecule has 7 nitrogen and oxygen atoms in total. The number of nitrogens with one attached hydrogen (secondary N) is 1. The van der Waals surface area contributed by atoms with E-state index in [0.717, 1.165) is 28.2 Å². The minimum Gasteiger partial charge on any atom is -0.497 e. The van der Waals surface area contributed by atoms with Crippen LogP contribution in [-0.4, -0.2) is 40.1 Å². The molecule has 5 rings (SSSR count). The van der Waals surface area contributed by atoms with Crippen LogP contribution in [0.2, 0.25) is 5.02 Å². The largest absolute Gasteiger partial charge is 0.497 e. The lowest BCUT2D eigenvalue weighted by molar-refractivity contribution is -0.121. The number of carbonyl (C=O) groups excluding carboxylic acids is 2. The summed E-state index contributed by atoms with van der Waals surface area (Å²) >= 11 is 7.28. The van der Waals surface area contributed by atoms with Crippen LogP contribution in [0.4, 0.5) is 5.69 Å². The summed E-state index contributed by atoms with van der Waals surface area (Å²) in [6.07, 6.45) is 0.657. The zero-order valence-electron chi connectivity index (χ0n) is 20.3. The predicted octanol–water partition coefficient (Wildman–Crippen LogP) is 5.83. The van der Waals surface area contributed by atoms with E-state index in [4.69, 9.17) is 21.4 Å². The number of benzene rings is 3. The van der Waals surface area contributed by atoms with Gasteiger partial charge in [-0.15, -0.1) is 0 Å². The molecule has 0 saturated heterocycles. The second-order valence-corrected chi connectivity index (χ2v) is 10.5. The first kappa shape index (κ1) is 25.0. The second-order valence-electron chi connectivity index (χ2n) is 8.85. The summed E-state index contributed by atoms with van der Waals surface area (Å²) in [5.41, 5.74) is 4.70. The van der Waals surface area contributed by atoms with Crippen molar-refractivity contribution in [2.45, 2.75) is 31.1 Å². The average Bonchev–Trinajstić information content (AvgIpc) is 3.48. The maximum atomic E-state index is 12.8. The summed E-state index contributed by atoms with van der Waals surface area (Å²) < 4.78 is 5.28. The lowest BCUT2D eigenvalue weighted by Crippen LogP contribution is -2.25. The van der Waals surface area contributed by atoms with Gasteiger partial charge in [0.15, 0.2) is 5.17 Å². The number of hydrazone groups is 1. The number of amidine groups is 1. The maximum Gasteiger partial charge on any atom is 0.262 e. The first-order chi connectivity index (χ1) is 17.9. The molecule has 2 amide bonds. The number of rotatable bonds is 6. The predicted molar refractivity (Wildman–Crippen MR) is 148 cm³/mol. The molecule has 0 unspecified atom stereocenters. The minimum absolute atomic E-state index is 0.00109. The number of nitrogens with zero attached hydrogens (tertiary/aromatic N) is 3. The number of anilines is 1. The molecule has 0 radical (unpaired) electrons. The smallest absolute Gasteiger partial charge is 0.262 e. The topological polar surface area (TPSA) is 83.4 Å². The summed E-state index contributed by atoms with van der Waals surface area (Å²) in [7, 11) is 1.63. The Balaban J connectivity index is 1.35. The molecule has 37 heavy (non-hydrogen) atoms. The molecule has 0 aliphatic carbocycles. The normalized spacial score (nSPS) is 19.0. The fraction of sp³-hybridized carbons (Fsp3) is 0.214. The molecule has 0 saturated carbocycles. The average molecular weight is 533 g/mol. The highest BCUT2D eigenvalue weighted by atomic mass is 35.5. The Morgan fingerprint density at radius 2 is 1.89 bits per heavy atom. The Hall–Kier alpha value is -3.62. The van der Waals surface area contributed by atoms with Gasteiger partial charge in [-0.2, -0.15) is 10.1 Å². The van der Waals surface area contributed by atoms with E-state index in [-0.39, 0.29) is 24.3 Å². The van der Waals surface area contributed by atoms with Crippen molar-refractivity contribution in [2.24, 2.45) is 10.1 Å². The lowest BCUT2D eigenvalue weighted by atomic mass is 9.98. The molecule has 0 spiro atoms. The van der Waals surface area contributed by atoms with Gasteiger partial charge in [0.1, 0.15) is 11.0 Å². The molecule has 2 aliphatic rings. The Kier molecular flexibility index (Phi) is 7.30. The van der Waals surface area contributed by atoms with Crippen LogP contribution in [0.1, 0.15) is 35.6 Å². The highest BCUT2D eigenvalue weighted by molar-refractivity contribution is 8.15. The van der Waals surface area contributed by atoms with Crippen LogP contribution in [0.5, 0.6) is 5.75 Å². The second kappa shape index (κ2) is 10.8. The molecule has 3 aromatic carbocycles. The van der Waals surface area contributed by atoms with E-state index in [2.05, 4.69) is 34.6 Å². The van der Waals surface area contributed by atoms with Gasteiger partial charge in [0.05, 0.1) is 18.9 Å². The van der Waals surface area contributed by atoms with Crippen LogP contribution in [0.15, 0.2) is 82.9 Å². The first-order valence-electron chi connectivity index (χ1n) is 11.8. The van der Waals surface area contributed by atoms with Crippen molar-refractivity contribution < 1.29 is 14.3 Å². The molecule has 188 valence electrons. The van der Waals surface area contributed by atoms with Crippen LogP contribution in [0.25, 0.3) is 0 Å². The molecule has 9 heteroatoms. The van der Waals surface area contributed by atoms with Gasteiger partial charge in [-0.3, -0.25) is 9.59 Å². The standard InChI is InChI=1S/C28H25ClN4O3S/c1-17-6-8-19(9-7-17)24-15-23(18-10-12-22(36-2)13-11-18)32-33(24)28-31-27(35)25(37-28)16-26(34)30-21-5-3-4-20(29)14-21/h3-14,24-25H,15-16H2,1-2H3,(H,30,34)/t24-,25-/m1/s1. The number of carbonyl (C=O) groups is 2. The lowest BCUT2D eigenvalue weighted by Gasteiger charge is -2.23. The first-order valence-corrected chi connectivity index (χ1v) is 13.1. The Bertz CT molecular complexity index is 1390. The van der Waals surface area contributed by atoms with E-state index >= 15 is 0 Å². The number of halogens is 1. The van der Waals surface area contributed by atoms with E-state index in [1.165, 1.54) is 11.8 Å². The number of thioether (sulfide) groups is 1. The maximum absolute atomic E-state index is 12.8. The fourth-order valence-corrected chi connectivity index (χ4v) is 5.50. The molecule has 3 aromatic rings. The molecule has 2 atom stereocenters. The monoisotopic (exact) mass is 532 g/mol. The number of methoxy groups -OCH3 is 1. The minimum atomic E-state index is -0.618. The van der Waals surface area contributed by atoms with Gasteiger partial charge in [0.25, 0.3) is 5.91 Å². The summed E-state index contributed by atoms with van der Waals surface area (Å²) in [4.78, 5) is 29.7. The highest BCUT2D eigenvalue weighted by Crippen LogP contribution is 2.39. The number of hydrogen-bond donors (Lipinski definition) is 1. The molecule has 1 N–H and O–H groups in total. The molecular weight excluding hydrogens is 508 g/mol. The number of ether oxygens (including phenoxy) is 1. The zero-order valence-corrected chi connectivity index (χ0v) is 21.9. The third-order valence-electron chi connectivity index (χ3n) is 6.20. The highest BCUT2D eigenvalue weighted by Gasteiger charge is 2.39. The molecule has 0 aromatic heterocycles. The van der Waals surface area contributed by atoms with E-state index < -0.39 is 5.25 Å². The van der Waals surface area contributed by atoms with Crippen LogP contribution in [-0.2, 0) is 9.59 Å². The third kappa shape index (κ3) is 5.70. The number of aliphatic imine (C=N–C) groups is 1. The van der Waals surface area contributed by atoms with Gasteiger partial charge in [-0.25, -0.2) is 5.01 Å². The van der Waals surface area contributed by atoms with Gasteiger partial charge in [-0.05, 0) is 60.5 Å². The van der Waals surface area contributed by atoms with Crippen LogP contribution in [0, 0.1) is 6.92 Å². The van der Waals surface area contributed by atoms with Gasteiger partial charge in [0.2, 0.25) is 5.91 Å². The van der Waals surface area contributed by atoms with Crippen LogP contribution >= 0.6 is 23.4 Å². The summed E-state index contributed by atoms with van der Waals surface area (Å²) in [6, 6.07) is 22.8. The zero-order chi connectivity index (χ0) is 25.9. The molecule has 0 fully saturated rings.